The van der Waals surface area contributed by atoms with Gasteiger partial charge < -0.3 is 10.6 Å². The molecule has 0 saturated heterocycles. The summed E-state index contributed by atoms with van der Waals surface area (Å²) >= 11 is 5.82. The van der Waals surface area contributed by atoms with Gasteiger partial charge in [0.05, 0.1) is 6.04 Å². The van der Waals surface area contributed by atoms with Gasteiger partial charge in [-0.3, -0.25) is 4.99 Å². The maximum Gasteiger partial charge on any atom is 0.191 e. The third kappa shape index (κ3) is 2.86. The zero-order valence-electron chi connectivity index (χ0n) is 9.24. The lowest BCUT2D eigenvalue weighted by molar-refractivity contribution is 0.397. The van der Waals surface area contributed by atoms with Crippen LogP contribution in [0.15, 0.2) is 29.3 Å². The molecule has 15 heavy (non-hydrogen) atoms. The zero-order valence-corrected chi connectivity index (χ0v) is 9.99. The predicted molar refractivity (Wildman–Crippen MR) is 65.2 cm³/mol. The molecule has 0 fully saturated rings. The molecule has 0 bridgehead atoms. The number of hydrogen-bond donors (Lipinski definition) is 1. The normalized spacial score (nSPS) is 13.7. The average Bonchev–Trinajstić information content (AvgIpc) is 2.27. The molecule has 3 nitrogen and oxygen atoms in total. The number of nitrogens with two attached hydrogens (primary N) is 1. The van der Waals surface area contributed by atoms with Crippen LogP contribution in [0.5, 0.6) is 0 Å². The molecule has 0 aliphatic carbocycles. The third-order valence-corrected chi connectivity index (χ3v) is 2.78. The summed E-state index contributed by atoms with van der Waals surface area (Å²) in [6.45, 7) is 2.07. The van der Waals surface area contributed by atoms with E-state index in [-0.39, 0.29) is 6.04 Å². The molecule has 0 aliphatic heterocycles. The van der Waals surface area contributed by atoms with E-state index in [0.717, 1.165) is 10.6 Å². The van der Waals surface area contributed by atoms with E-state index in [1.54, 1.807) is 7.05 Å². The van der Waals surface area contributed by atoms with Crippen LogP contribution >= 0.6 is 11.6 Å². The summed E-state index contributed by atoms with van der Waals surface area (Å²) in [7, 11) is 3.60. The van der Waals surface area contributed by atoms with E-state index in [1.165, 1.54) is 0 Å². The molecule has 0 aromatic heterocycles. The van der Waals surface area contributed by atoms with Crippen LogP contribution in [-0.2, 0) is 0 Å². The van der Waals surface area contributed by atoms with Gasteiger partial charge in [0, 0.05) is 19.1 Å². The Bertz CT molecular complexity index is 345. The Morgan fingerprint density at radius 2 is 1.93 bits per heavy atom. The van der Waals surface area contributed by atoms with Crippen LogP contribution in [0, 0.1) is 0 Å². The van der Waals surface area contributed by atoms with Gasteiger partial charge in [0.15, 0.2) is 5.96 Å². The minimum Gasteiger partial charge on any atom is -0.370 e. The summed E-state index contributed by atoms with van der Waals surface area (Å²) in [6.07, 6.45) is 0. The van der Waals surface area contributed by atoms with Gasteiger partial charge in [0.2, 0.25) is 0 Å². The number of benzene rings is 1. The van der Waals surface area contributed by atoms with Crippen LogP contribution < -0.4 is 5.73 Å². The molecule has 4 heteroatoms. The van der Waals surface area contributed by atoms with Gasteiger partial charge in [-0.2, -0.15) is 0 Å². The molecule has 0 saturated carbocycles. The highest BCUT2D eigenvalue weighted by molar-refractivity contribution is 6.30. The second kappa shape index (κ2) is 5.03. The lowest BCUT2D eigenvalue weighted by atomic mass is 10.1. The fraction of sp³-hybridized carbons (Fsp3) is 0.364. The maximum atomic E-state index is 5.82. The van der Waals surface area contributed by atoms with Gasteiger partial charge in [-0.1, -0.05) is 23.7 Å². The van der Waals surface area contributed by atoms with E-state index >= 15 is 0 Å². The van der Waals surface area contributed by atoms with Crippen molar-refractivity contribution in [2.45, 2.75) is 13.0 Å². The molecule has 1 unspecified atom stereocenters. The van der Waals surface area contributed by atoms with E-state index in [4.69, 9.17) is 17.3 Å². The third-order valence-electron chi connectivity index (χ3n) is 2.52. The summed E-state index contributed by atoms with van der Waals surface area (Å²) < 4.78 is 0. The second-order valence-electron chi connectivity index (χ2n) is 3.42. The lowest BCUT2D eigenvalue weighted by Crippen LogP contribution is -2.35. The molecule has 0 amide bonds. The highest BCUT2D eigenvalue weighted by Gasteiger charge is 2.12. The van der Waals surface area contributed by atoms with E-state index < -0.39 is 0 Å². The van der Waals surface area contributed by atoms with Crippen LogP contribution in [0.2, 0.25) is 5.02 Å². The van der Waals surface area contributed by atoms with E-state index in [0.29, 0.717) is 5.96 Å². The quantitative estimate of drug-likeness (QED) is 0.620. The first-order valence-electron chi connectivity index (χ1n) is 4.76. The van der Waals surface area contributed by atoms with Crippen LogP contribution in [-0.4, -0.2) is 25.0 Å². The molecule has 82 valence electrons. The van der Waals surface area contributed by atoms with Gasteiger partial charge in [0.25, 0.3) is 0 Å². The highest BCUT2D eigenvalue weighted by atomic mass is 35.5. The van der Waals surface area contributed by atoms with E-state index in [9.17, 15) is 0 Å². The largest absolute Gasteiger partial charge is 0.370 e. The summed E-state index contributed by atoms with van der Waals surface area (Å²) in [5.41, 5.74) is 6.90. The van der Waals surface area contributed by atoms with Crippen LogP contribution in [0.25, 0.3) is 0 Å². The van der Waals surface area contributed by atoms with Gasteiger partial charge in [-0.25, -0.2) is 0 Å². The first kappa shape index (κ1) is 11.9. The molecule has 1 rings (SSSR count). The second-order valence-corrected chi connectivity index (χ2v) is 3.86. The fourth-order valence-corrected chi connectivity index (χ4v) is 1.45. The molecule has 1 aromatic carbocycles. The monoisotopic (exact) mass is 225 g/mol. The number of nitrogens with zero attached hydrogens (tertiary/aromatic N) is 2. The van der Waals surface area contributed by atoms with Crippen molar-refractivity contribution < 1.29 is 0 Å². The first-order chi connectivity index (χ1) is 7.06. The van der Waals surface area contributed by atoms with Crippen molar-refractivity contribution in [3.63, 3.8) is 0 Å². The van der Waals surface area contributed by atoms with Crippen molar-refractivity contribution in [3.8, 4) is 0 Å². The Kier molecular flexibility index (Phi) is 3.97. The van der Waals surface area contributed by atoms with Crippen LogP contribution in [0.3, 0.4) is 0 Å². The van der Waals surface area contributed by atoms with Gasteiger partial charge >= 0.3 is 0 Å². The zero-order chi connectivity index (χ0) is 11.4. The number of aliphatic imine (C=N–C) groups is 1. The highest BCUT2D eigenvalue weighted by Crippen LogP contribution is 2.20. The standard InChI is InChI=1S/C11H16ClN3/c1-8(15(3)11(13)14-2)9-4-6-10(12)7-5-9/h4-8H,1-3H3,(H2,13,14). The first-order valence-corrected chi connectivity index (χ1v) is 5.14. The van der Waals surface area contributed by atoms with Crippen molar-refractivity contribution >= 4 is 17.6 Å². The minimum atomic E-state index is 0.186. The number of hydrogen-bond acceptors (Lipinski definition) is 1. The Morgan fingerprint density at radius 3 is 2.40 bits per heavy atom. The molecular formula is C11H16ClN3. The molecule has 0 aliphatic rings. The molecule has 1 atom stereocenters. The molecular weight excluding hydrogens is 210 g/mol. The van der Waals surface area contributed by atoms with Gasteiger partial charge in [-0.15, -0.1) is 0 Å². The minimum absolute atomic E-state index is 0.186. The van der Waals surface area contributed by atoms with Gasteiger partial charge in [-0.05, 0) is 24.6 Å². The Morgan fingerprint density at radius 1 is 1.40 bits per heavy atom. The predicted octanol–water partition coefficient (Wildman–Crippen LogP) is 2.28. The number of halogens is 1. The molecule has 2 N–H and O–H groups in total. The van der Waals surface area contributed by atoms with Crippen molar-refractivity contribution in [1.29, 1.82) is 0 Å². The van der Waals surface area contributed by atoms with Crippen molar-refractivity contribution in [1.82, 2.24) is 4.90 Å². The topological polar surface area (TPSA) is 41.6 Å². The van der Waals surface area contributed by atoms with Crippen LogP contribution in [0.4, 0.5) is 0 Å². The molecule has 1 aromatic rings. The fourth-order valence-electron chi connectivity index (χ4n) is 1.32. The maximum absolute atomic E-state index is 5.82. The lowest BCUT2D eigenvalue weighted by Gasteiger charge is -2.25. The smallest absolute Gasteiger partial charge is 0.191 e. The van der Waals surface area contributed by atoms with Crippen molar-refractivity contribution in [2.24, 2.45) is 10.7 Å². The number of guanidine groups is 1. The van der Waals surface area contributed by atoms with Crippen molar-refractivity contribution in [2.75, 3.05) is 14.1 Å². The van der Waals surface area contributed by atoms with Crippen molar-refractivity contribution in [3.05, 3.63) is 34.9 Å². The van der Waals surface area contributed by atoms with Gasteiger partial charge in [0.1, 0.15) is 0 Å². The average molecular weight is 226 g/mol. The number of rotatable bonds is 2. The van der Waals surface area contributed by atoms with E-state index in [2.05, 4.69) is 11.9 Å². The molecule has 0 heterocycles. The van der Waals surface area contributed by atoms with E-state index in [1.807, 2.05) is 36.2 Å². The Balaban J connectivity index is 2.85. The molecule has 0 spiro atoms. The Labute approximate surface area is 95.6 Å². The summed E-state index contributed by atoms with van der Waals surface area (Å²) in [5.74, 6) is 0.525. The SMILES string of the molecule is CN=C(N)N(C)C(C)c1ccc(Cl)cc1. The molecule has 0 radical (unpaired) electrons. The summed E-state index contributed by atoms with van der Waals surface area (Å²) in [6, 6.07) is 7.92. The summed E-state index contributed by atoms with van der Waals surface area (Å²) in [4.78, 5) is 5.87. The van der Waals surface area contributed by atoms with Crippen LogP contribution in [0.1, 0.15) is 18.5 Å². The Hall–Kier alpha value is -1.22. The summed E-state index contributed by atoms with van der Waals surface area (Å²) in [5, 5.41) is 0.741.